The van der Waals surface area contributed by atoms with Crippen LogP contribution in [0, 0.1) is 5.41 Å². The van der Waals surface area contributed by atoms with E-state index in [4.69, 9.17) is 4.84 Å². The molecule has 1 aromatic rings. The molecule has 0 bridgehead atoms. The summed E-state index contributed by atoms with van der Waals surface area (Å²) in [6.45, 7) is 9.38. The molecule has 3 aliphatic rings. The number of rotatable bonds is 7. The van der Waals surface area contributed by atoms with Crippen molar-refractivity contribution in [2.24, 2.45) is 5.41 Å². The van der Waals surface area contributed by atoms with Crippen LogP contribution < -0.4 is 5.32 Å². The molecule has 1 unspecified atom stereocenters. The summed E-state index contributed by atoms with van der Waals surface area (Å²) < 4.78 is 1.69. The van der Waals surface area contributed by atoms with E-state index in [0.29, 0.717) is 25.4 Å². The molecule has 2 saturated heterocycles. The molecular formula is C21H34N6O4. The number of hydroxylamine groups is 2. The number of likely N-dealkylation sites (tertiary alicyclic amines) is 1. The first-order valence-corrected chi connectivity index (χ1v) is 11.3. The van der Waals surface area contributed by atoms with Crippen molar-refractivity contribution in [3.8, 4) is 0 Å². The second kappa shape index (κ2) is 8.48. The van der Waals surface area contributed by atoms with E-state index in [0.717, 1.165) is 18.5 Å². The molecule has 1 aliphatic carbocycles. The maximum atomic E-state index is 13.7. The van der Waals surface area contributed by atoms with E-state index < -0.39 is 18.2 Å². The minimum Gasteiger partial charge on any atom is -0.391 e. The molecule has 10 nitrogen and oxygen atoms in total. The van der Waals surface area contributed by atoms with Crippen LogP contribution in [0.3, 0.4) is 0 Å². The second-order valence-corrected chi connectivity index (χ2v) is 9.99. The highest BCUT2D eigenvalue weighted by Gasteiger charge is 2.44. The fourth-order valence-electron chi connectivity index (χ4n) is 4.52. The van der Waals surface area contributed by atoms with Crippen LogP contribution in [0.1, 0.15) is 64.6 Å². The first kappa shape index (κ1) is 22.2. The molecule has 0 spiro atoms. The molecule has 2 N–H and O–H groups in total. The number of β-amino-alcohol motifs (C(OH)–C–C–N with tert-alkyl or cyclic N) is 1. The van der Waals surface area contributed by atoms with Crippen molar-refractivity contribution >= 4 is 11.8 Å². The summed E-state index contributed by atoms with van der Waals surface area (Å²) in [7, 11) is 0. The number of carbonyl (C=O) groups is 2. The number of carbonyl (C=O) groups excluding carboxylic acids is 2. The van der Waals surface area contributed by atoms with E-state index in [1.165, 1.54) is 5.06 Å². The van der Waals surface area contributed by atoms with Crippen LogP contribution >= 0.6 is 0 Å². The lowest BCUT2D eigenvalue weighted by atomic mass is 9.85. The minimum atomic E-state index is -0.586. The number of nitrogens with zero attached hydrogens (tertiary/aromatic N) is 5. The molecule has 4 rings (SSSR count). The Balaban J connectivity index is 1.47. The lowest BCUT2D eigenvalue weighted by molar-refractivity contribution is -0.160. The Labute approximate surface area is 182 Å². The van der Waals surface area contributed by atoms with Gasteiger partial charge in [-0.15, -0.1) is 5.10 Å². The first-order chi connectivity index (χ1) is 14.7. The molecule has 0 aromatic carbocycles. The van der Waals surface area contributed by atoms with Crippen LogP contribution in [0.25, 0.3) is 0 Å². The van der Waals surface area contributed by atoms with Crippen molar-refractivity contribution in [1.29, 1.82) is 0 Å². The predicted molar refractivity (Wildman–Crippen MR) is 112 cm³/mol. The molecule has 3 fully saturated rings. The van der Waals surface area contributed by atoms with E-state index in [2.05, 4.69) is 15.6 Å². The Morgan fingerprint density at radius 1 is 1.39 bits per heavy atom. The highest BCUT2D eigenvalue weighted by molar-refractivity contribution is 5.83. The number of likely N-dealkylation sites (N-methyl/N-ethyl adjacent to an activating group) is 1. The third-order valence-corrected chi connectivity index (χ3v) is 6.35. The molecule has 4 atom stereocenters. The second-order valence-electron chi connectivity index (χ2n) is 9.99. The minimum absolute atomic E-state index is 0.0766. The van der Waals surface area contributed by atoms with Crippen LogP contribution in [0.2, 0.25) is 0 Å². The van der Waals surface area contributed by atoms with Crippen molar-refractivity contribution in [2.75, 3.05) is 26.2 Å². The van der Waals surface area contributed by atoms with Gasteiger partial charge in [0.05, 0.1) is 18.4 Å². The van der Waals surface area contributed by atoms with Crippen LogP contribution in [-0.4, -0.2) is 86.3 Å². The van der Waals surface area contributed by atoms with Gasteiger partial charge in [-0.25, -0.2) is 9.75 Å². The summed E-state index contributed by atoms with van der Waals surface area (Å²) in [6, 6.07) is -1.15. The number of aliphatic hydroxyl groups is 1. The summed E-state index contributed by atoms with van der Waals surface area (Å²) in [5.41, 5.74) is 0.565. The van der Waals surface area contributed by atoms with Crippen molar-refractivity contribution < 1.29 is 19.5 Å². The van der Waals surface area contributed by atoms with Crippen LogP contribution in [0.15, 0.2) is 6.20 Å². The van der Waals surface area contributed by atoms with Crippen molar-refractivity contribution in [3.05, 3.63) is 11.9 Å². The standard InChI is InChI=1S/C21H34N6O4/c1-5-27-19(29)17(12-31-27)22-9-14-8-15(28)10-25(14)20(30)18(21(2,3)4)26-11-16(23-24-26)13-6-7-13/h11,13-15,17-18,22,28H,5-10,12H2,1-4H3/t14-,15+,17?,18+/m0/s1. The Bertz CT molecular complexity index is 817. The van der Waals surface area contributed by atoms with Gasteiger partial charge in [-0.3, -0.25) is 14.4 Å². The molecule has 1 aromatic heterocycles. The van der Waals surface area contributed by atoms with Crippen LogP contribution in [0.5, 0.6) is 0 Å². The molecular weight excluding hydrogens is 400 g/mol. The third-order valence-electron chi connectivity index (χ3n) is 6.35. The topological polar surface area (TPSA) is 113 Å². The molecule has 31 heavy (non-hydrogen) atoms. The van der Waals surface area contributed by atoms with Gasteiger partial charge >= 0.3 is 0 Å². The van der Waals surface area contributed by atoms with Gasteiger partial charge in [0.15, 0.2) is 0 Å². The van der Waals surface area contributed by atoms with Crippen molar-refractivity contribution in [3.63, 3.8) is 0 Å². The number of aliphatic hydroxyl groups excluding tert-OH is 1. The molecule has 172 valence electrons. The van der Waals surface area contributed by atoms with E-state index in [9.17, 15) is 14.7 Å². The lowest BCUT2D eigenvalue weighted by Crippen LogP contribution is -2.50. The van der Waals surface area contributed by atoms with Gasteiger partial charge < -0.3 is 15.3 Å². The largest absolute Gasteiger partial charge is 0.391 e. The average molecular weight is 435 g/mol. The SMILES string of the molecule is CCN1OCC(NC[C@@H]2C[C@@H](O)CN2C(=O)[C@@H](n2cc(C3CC3)nn2)C(C)(C)C)C1=O. The van der Waals surface area contributed by atoms with Gasteiger partial charge in [0.25, 0.3) is 5.91 Å². The normalized spacial score (nSPS) is 27.9. The molecule has 0 radical (unpaired) electrons. The number of hydrogen-bond acceptors (Lipinski definition) is 7. The van der Waals surface area contributed by atoms with E-state index >= 15 is 0 Å². The predicted octanol–water partition coefficient (Wildman–Crippen LogP) is 0.456. The van der Waals surface area contributed by atoms with E-state index in [-0.39, 0.29) is 36.4 Å². The van der Waals surface area contributed by atoms with Crippen molar-refractivity contribution in [2.45, 2.75) is 77.1 Å². The zero-order valence-corrected chi connectivity index (χ0v) is 18.8. The fourth-order valence-corrected chi connectivity index (χ4v) is 4.52. The van der Waals surface area contributed by atoms with Gasteiger partial charge in [-0.2, -0.15) is 0 Å². The Kier molecular flexibility index (Phi) is 6.06. The van der Waals surface area contributed by atoms with Crippen LogP contribution in [0.4, 0.5) is 0 Å². The molecule has 2 amide bonds. The van der Waals surface area contributed by atoms with Gasteiger partial charge in [-0.05, 0) is 31.6 Å². The smallest absolute Gasteiger partial charge is 0.265 e. The van der Waals surface area contributed by atoms with Crippen molar-refractivity contribution in [1.82, 2.24) is 30.3 Å². The molecule has 3 heterocycles. The maximum absolute atomic E-state index is 13.7. The summed E-state index contributed by atoms with van der Waals surface area (Å²) in [5, 5.41) is 23.5. The summed E-state index contributed by atoms with van der Waals surface area (Å²) >= 11 is 0. The third kappa shape index (κ3) is 4.61. The van der Waals surface area contributed by atoms with Gasteiger partial charge in [-0.1, -0.05) is 26.0 Å². The zero-order valence-electron chi connectivity index (χ0n) is 18.8. The zero-order chi connectivity index (χ0) is 22.3. The molecule has 10 heteroatoms. The Morgan fingerprint density at radius 3 is 2.74 bits per heavy atom. The van der Waals surface area contributed by atoms with Gasteiger partial charge in [0, 0.05) is 37.8 Å². The highest BCUT2D eigenvalue weighted by atomic mass is 16.7. The molecule has 1 saturated carbocycles. The summed E-state index contributed by atoms with van der Waals surface area (Å²) in [6.07, 6.45) is 4.03. The number of hydrogen-bond donors (Lipinski definition) is 2. The van der Waals surface area contributed by atoms with Gasteiger partial charge in [0.2, 0.25) is 5.91 Å². The van der Waals surface area contributed by atoms with E-state index in [1.54, 1.807) is 9.58 Å². The monoisotopic (exact) mass is 434 g/mol. The Morgan fingerprint density at radius 2 is 2.13 bits per heavy atom. The average Bonchev–Trinajstić information content (AvgIpc) is 3.15. The van der Waals surface area contributed by atoms with E-state index in [1.807, 2.05) is 33.9 Å². The lowest BCUT2D eigenvalue weighted by Gasteiger charge is -2.35. The van der Waals surface area contributed by atoms with Crippen LogP contribution in [-0.2, 0) is 14.4 Å². The molecule has 2 aliphatic heterocycles. The maximum Gasteiger partial charge on any atom is 0.265 e. The highest BCUT2D eigenvalue weighted by Crippen LogP contribution is 2.40. The summed E-state index contributed by atoms with van der Waals surface area (Å²) in [5.74, 6) is 0.290. The summed E-state index contributed by atoms with van der Waals surface area (Å²) in [4.78, 5) is 33.1. The quantitative estimate of drug-likeness (QED) is 0.641. The number of nitrogens with one attached hydrogen (secondary N) is 1. The number of amides is 2. The van der Waals surface area contributed by atoms with Gasteiger partial charge in [0.1, 0.15) is 12.1 Å². The first-order valence-electron chi connectivity index (χ1n) is 11.3. The Hall–Kier alpha value is -2.04. The number of aromatic nitrogens is 3. The fraction of sp³-hybridized carbons (Fsp3) is 0.810.